The zero-order chi connectivity index (χ0) is 16.8. The smallest absolute Gasteiger partial charge is 0.265 e. The van der Waals surface area contributed by atoms with Crippen LogP contribution in [0.4, 0.5) is 0 Å². The van der Waals surface area contributed by atoms with Gasteiger partial charge in [-0.3, -0.25) is 4.79 Å². The highest BCUT2D eigenvalue weighted by Gasteiger charge is 2.27. The molecule has 0 aromatic rings. The van der Waals surface area contributed by atoms with Crippen molar-refractivity contribution in [3.8, 4) is 6.07 Å². The molecule has 0 spiro atoms. The summed E-state index contributed by atoms with van der Waals surface area (Å²) in [4.78, 5) is 19.0. The van der Waals surface area contributed by atoms with Crippen molar-refractivity contribution in [2.24, 2.45) is 0 Å². The first-order valence-corrected chi connectivity index (χ1v) is 8.90. The average Bonchev–Trinajstić information content (AvgIpc) is 2.59. The zero-order valence-corrected chi connectivity index (χ0v) is 14.8. The van der Waals surface area contributed by atoms with Crippen molar-refractivity contribution in [2.75, 3.05) is 33.7 Å². The van der Waals surface area contributed by atoms with Gasteiger partial charge in [0.05, 0.1) is 0 Å². The van der Waals surface area contributed by atoms with Crippen molar-refractivity contribution in [1.29, 1.82) is 5.26 Å². The van der Waals surface area contributed by atoms with Crippen molar-refractivity contribution in [2.45, 2.75) is 57.5 Å². The van der Waals surface area contributed by atoms with Crippen LogP contribution in [0, 0.1) is 11.3 Å². The van der Waals surface area contributed by atoms with Crippen LogP contribution < -0.4 is 0 Å². The fraction of sp³-hybridized carbons (Fsp3) is 0.778. The SMILES string of the molecule is CCC1CCCCN1/C=C(/C#N)C(=O)N(C)C1CCN(C)CC1. The number of piperidine rings is 2. The number of carbonyl (C=O) groups excluding carboxylic acids is 1. The molecule has 0 bridgehead atoms. The minimum Gasteiger partial charge on any atom is -0.373 e. The lowest BCUT2D eigenvalue weighted by Gasteiger charge is -2.36. The van der Waals surface area contributed by atoms with E-state index in [0.29, 0.717) is 6.04 Å². The number of likely N-dealkylation sites (tertiary alicyclic amines) is 2. The number of hydrogen-bond acceptors (Lipinski definition) is 4. The van der Waals surface area contributed by atoms with Crippen molar-refractivity contribution < 1.29 is 4.79 Å². The van der Waals surface area contributed by atoms with Gasteiger partial charge >= 0.3 is 0 Å². The van der Waals surface area contributed by atoms with Gasteiger partial charge in [-0.1, -0.05) is 6.92 Å². The first-order chi connectivity index (χ1) is 11.1. The van der Waals surface area contributed by atoms with Crippen LogP contribution in [0.2, 0.25) is 0 Å². The van der Waals surface area contributed by atoms with E-state index in [0.717, 1.165) is 51.7 Å². The predicted octanol–water partition coefficient (Wildman–Crippen LogP) is 2.21. The third-order valence-corrected chi connectivity index (χ3v) is 5.35. The Morgan fingerprint density at radius 3 is 2.57 bits per heavy atom. The molecule has 1 amide bonds. The fourth-order valence-electron chi connectivity index (χ4n) is 3.67. The Morgan fingerprint density at radius 1 is 1.26 bits per heavy atom. The molecule has 2 aliphatic rings. The highest BCUT2D eigenvalue weighted by Crippen LogP contribution is 2.22. The van der Waals surface area contributed by atoms with Crippen LogP contribution in [-0.2, 0) is 4.79 Å². The molecule has 5 nitrogen and oxygen atoms in total. The van der Waals surface area contributed by atoms with E-state index in [4.69, 9.17) is 0 Å². The monoisotopic (exact) mass is 318 g/mol. The maximum Gasteiger partial charge on any atom is 0.265 e. The summed E-state index contributed by atoms with van der Waals surface area (Å²) in [5, 5.41) is 9.47. The van der Waals surface area contributed by atoms with Gasteiger partial charge < -0.3 is 14.7 Å². The summed E-state index contributed by atoms with van der Waals surface area (Å²) in [5.41, 5.74) is 0.284. The van der Waals surface area contributed by atoms with Crippen LogP contribution in [0.15, 0.2) is 11.8 Å². The van der Waals surface area contributed by atoms with Gasteiger partial charge in [-0.2, -0.15) is 5.26 Å². The molecule has 2 fully saturated rings. The van der Waals surface area contributed by atoms with Crippen molar-refractivity contribution in [3.05, 3.63) is 11.8 Å². The van der Waals surface area contributed by atoms with Gasteiger partial charge in [0.15, 0.2) is 0 Å². The quantitative estimate of drug-likeness (QED) is 0.589. The van der Waals surface area contributed by atoms with E-state index in [2.05, 4.69) is 29.8 Å². The molecule has 1 atom stereocenters. The average molecular weight is 318 g/mol. The van der Waals surface area contributed by atoms with Crippen molar-refractivity contribution in [3.63, 3.8) is 0 Å². The molecule has 2 saturated heterocycles. The number of hydrogen-bond donors (Lipinski definition) is 0. The van der Waals surface area contributed by atoms with E-state index < -0.39 is 0 Å². The van der Waals surface area contributed by atoms with Crippen LogP contribution in [-0.4, -0.2) is 66.4 Å². The van der Waals surface area contributed by atoms with Gasteiger partial charge in [-0.05, 0) is 58.7 Å². The third-order valence-electron chi connectivity index (χ3n) is 5.35. The molecule has 0 aliphatic carbocycles. The highest BCUT2D eigenvalue weighted by atomic mass is 16.2. The van der Waals surface area contributed by atoms with E-state index in [1.54, 1.807) is 4.90 Å². The largest absolute Gasteiger partial charge is 0.373 e. The summed E-state index contributed by atoms with van der Waals surface area (Å²) in [6.07, 6.45) is 8.40. The molecule has 5 heteroatoms. The Hall–Kier alpha value is -1.54. The molecule has 0 aromatic heterocycles. The summed E-state index contributed by atoms with van der Waals surface area (Å²) in [7, 11) is 3.96. The Morgan fingerprint density at radius 2 is 1.96 bits per heavy atom. The summed E-state index contributed by atoms with van der Waals surface area (Å²) < 4.78 is 0. The standard InChI is InChI=1S/C18H30N4O/c1-4-16-7-5-6-10-22(16)14-15(13-19)18(23)21(3)17-8-11-20(2)12-9-17/h14,16-17H,4-12H2,1-3H3/b15-14-. The van der Waals surface area contributed by atoms with Crippen LogP contribution in [0.3, 0.4) is 0 Å². The Labute approximate surface area is 140 Å². The lowest BCUT2D eigenvalue weighted by atomic mass is 10.00. The van der Waals surface area contributed by atoms with Gasteiger partial charge in [-0.15, -0.1) is 0 Å². The van der Waals surface area contributed by atoms with Gasteiger partial charge in [0.2, 0.25) is 0 Å². The van der Waals surface area contributed by atoms with E-state index in [9.17, 15) is 10.1 Å². The molecule has 0 N–H and O–H groups in total. The van der Waals surface area contributed by atoms with Crippen LogP contribution >= 0.6 is 0 Å². The van der Waals surface area contributed by atoms with Gasteiger partial charge in [0.25, 0.3) is 5.91 Å². The minimum atomic E-state index is -0.123. The van der Waals surface area contributed by atoms with Crippen molar-refractivity contribution in [1.82, 2.24) is 14.7 Å². The van der Waals surface area contributed by atoms with E-state index in [1.165, 1.54) is 6.42 Å². The highest BCUT2D eigenvalue weighted by molar-refractivity contribution is 5.97. The number of amides is 1. The topological polar surface area (TPSA) is 50.6 Å². The molecule has 2 heterocycles. The molecule has 23 heavy (non-hydrogen) atoms. The second kappa shape index (κ2) is 8.35. The third kappa shape index (κ3) is 4.48. The molecule has 0 aromatic carbocycles. The van der Waals surface area contributed by atoms with E-state index in [-0.39, 0.29) is 17.5 Å². The molecule has 0 radical (unpaired) electrons. The first kappa shape index (κ1) is 17.8. The Kier molecular flexibility index (Phi) is 6.47. The fourth-order valence-corrected chi connectivity index (χ4v) is 3.67. The van der Waals surface area contributed by atoms with E-state index >= 15 is 0 Å². The summed E-state index contributed by atoms with van der Waals surface area (Å²) in [5.74, 6) is -0.123. The second-order valence-corrected chi connectivity index (χ2v) is 6.90. The van der Waals surface area contributed by atoms with Gasteiger partial charge in [0.1, 0.15) is 11.6 Å². The number of carbonyl (C=O) groups is 1. The molecule has 2 rings (SSSR count). The predicted molar refractivity (Wildman–Crippen MR) is 91.6 cm³/mol. The molecule has 1 unspecified atom stereocenters. The Bertz CT molecular complexity index is 474. The first-order valence-electron chi connectivity index (χ1n) is 8.90. The molecular formula is C18H30N4O. The van der Waals surface area contributed by atoms with Crippen LogP contribution in [0.25, 0.3) is 0 Å². The van der Waals surface area contributed by atoms with Crippen LogP contribution in [0.5, 0.6) is 0 Å². The number of likely N-dealkylation sites (N-methyl/N-ethyl adjacent to an activating group) is 1. The molecule has 128 valence electrons. The molecular weight excluding hydrogens is 288 g/mol. The minimum absolute atomic E-state index is 0.123. The van der Waals surface area contributed by atoms with E-state index in [1.807, 2.05) is 13.2 Å². The number of nitriles is 1. The summed E-state index contributed by atoms with van der Waals surface area (Å²) in [6, 6.07) is 2.86. The number of nitrogens with zero attached hydrogens (tertiary/aromatic N) is 4. The lowest BCUT2D eigenvalue weighted by molar-refractivity contribution is -0.128. The molecule has 0 saturated carbocycles. The maximum absolute atomic E-state index is 12.7. The second-order valence-electron chi connectivity index (χ2n) is 6.90. The summed E-state index contributed by atoms with van der Waals surface area (Å²) in [6.45, 7) is 5.15. The Balaban J connectivity index is 2.05. The van der Waals surface area contributed by atoms with Gasteiger partial charge in [-0.25, -0.2) is 0 Å². The summed E-state index contributed by atoms with van der Waals surface area (Å²) >= 11 is 0. The van der Waals surface area contributed by atoms with Crippen LogP contribution in [0.1, 0.15) is 45.4 Å². The van der Waals surface area contributed by atoms with Crippen molar-refractivity contribution >= 4 is 5.91 Å². The van der Waals surface area contributed by atoms with Gasteiger partial charge in [0, 0.05) is 31.9 Å². The number of rotatable bonds is 4. The normalized spacial score (nSPS) is 24.3. The molecule has 2 aliphatic heterocycles. The lowest BCUT2D eigenvalue weighted by Crippen LogP contribution is -2.45. The maximum atomic E-state index is 12.7. The zero-order valence-electron chi connectivity index (χ0n) is 14.8.